The van der Waals surface area contributed by atoms with Crippen molar-refractivity contribution in [2.75, 3.05) is 18.0 Å². The van der Waals surface area contributed by atoms with E-state index in [1.807, 2.05) is 11.6 Å². The fraction of sp³-hybridized carbons (Fsp3) is 0.647. The Kier molecular flexibility index (Phi) is 4.88. The van der Waals surface area contributed by atoms with Crippen LogP contribution in [0.5, 0.6) is 0 Å². The Bertz CT molecular complexity index is 628. The van der Waals surface area contributed by atoms with Crippen molar-refractivity contribution in [1.82, 2.24) is 24.7 Å². The molecule has 2 aromatic rings. The molecule has 3 rings (SSSR count). The third-order valence-corrected chi connectivity index (χ3v) is 4.54. The van der Waals surface area contributed by atoms with Crippen molar-refractivity contribution in [3.63, 3.8) is 0 Å². The zero-order chi connectivity index (χ0) is 16.2. The van der Waals surface area contributed by atoms with E-state index in [1.54, 1.807) is 12.7 Å². The van der Waals surface area contributed by atoms with Gasteiger partial charge in [0.1, 0.15) is 24.3 Å². The first-order valence-corrected chi connectivity index (χ1v) is 8.50. The van der Waals surface area contributed by atoms with Crippen LogP contribution in [-0.4, -0.2) is 37.8 Å². The Balaban J connectivity index is 1.57. The molecule has 1 saturated heterocycles. The second-order valence-electron chi connectivity index (χ2n) is 6.96. The van der Waals surface area contributed by atoms with E-state index in [0.717, 1.165) is 43.3 Å². The number of nitrogens with zero attached hydrogens (tertiary/aromatic N) is 6. The molecular formula is C17H26N6. The lowest BCUT2D eigenvalue weighted by Crippen LogP contribution is -2.35. The predicted octanol–water partition coefficient (Wildman–Crippen LogP) is 2.26. The highest BCUT2D eigenvalue weighted by molar-refractivity contribution is 5.39. The van der Waals surface area contributed by atoms with Crippen LogP contribution in [0, 0.1) is 11.8 Å². The van der Waals surface area contributed by atoms with Crippen LogP contribution in [0.25, 0.3) is 0 Å². The van der Waals surface area contributed by atoms with Crippen LogP contribution < -0.4 is 4.90 Å². The molecule has 0 bridgehead atoms. The van der Waals surface area contributed by atoms with Gasteiger partial charge in [-0.1, -0.05) is 13.8 Å². The summed E-state index contributed by atoms with van der Waals surface area (Å²) in [4.78, 5) is 11.3. The molecule has 0 aliphatic carbocycles. The molecule has 23 heavy (non-hydrogen) atoms. The van der Waals surface area contributed by atoms with E-state index in [1.165, 1.54) is 12.8 Å². The quantitative estimate of drug-likeness (QED) is 0.847. The van der Waals surface area contributed by atoms with E-state index in [4.69, 9.17) is 0 Å². The zero-order valence-electron chi connectivity index (χ0n) is 14.3. The molecule has 0 amide bonds. The van der Waals surface area contributed by atoms with Gasteiger partial charge in [0.15, 0.2) is 0 Å². The number of hydrogen-bond donors (Lipinski definition) is 0. The summed E-state index contributed by atoms with van der Waals surface area (Å²) in [6, 6.07) is 2.16. The number of piperidine rings is 1. The van der Waals surface area contributed by atoms with Crippen LogP contribution in [0.1, 0.15) is 38.2 Å². The number of anilines is 1. The van der Waals surface area contributed by atoms with Crippen molar-refractivity contribution in [3.8, 4) is 0 Å². The Labute approximate surface area is 138 Å². The van der Waals surface area contributed by atoms with Crippen LogP contribution in [-0.2, 0) is 19.9 Å². The Morgan fingerprint density at radius 1 is 1.22 bits per heavy atom. The fourth-order valence-corrected chi connectivity index (χ4v) is 3.20. The summed E-state index contributed by atoms with van der Waals surface area (Å²) < 4.78 is 2.02. The molecule has 0 atom stereocenters. The molecule has 0 N–H and O–H groups in total. The highest BCUT2D eigenvalue weighted by atomic mass is 15.2. The molecule has 0 unspecified atom stereocenters. The van der Waals surface area contributed by atoms with Gasteiger partial charge in [-0.05, 0) is 31.1 Å². The SMILES string of the molecule is CC(C)Cc1cc(N2CCC(Cc3nncn3C)CC2)ncn1. The number of rotatable bonds is 5. The van der Waals surface area contributed by atoms with Crippen molar-refractivity contribution < 1.29 is 0 Å². The van der Waals surface area contributed by atoms with Gasteiger partial charge in [-0.3, -0.25) is 0 Å². The second kappa shape index (κ2) is 7.06. The molecule has 1 aliphatic rings. The van der Waals surface area contributed by atoms with E-state index in [-0.39, 0.29) is 0 Å². The molecule has 1 aliphatic heterocycles. The van der Waals surface area contributed by atoms with E-state index < -0.39 is 0 Å². The van der Waals surface area contributed by atoms with Gasteiger partial charge in [0.05, 0.1) is 0 Å². The average molecular weight is 314 g/mol. The predicted molar refractivity (Wildman–Crippen MR) is 90.2 cm³/mol. The van der Waals surface area contributed by atoms with Crippen molar-refractivity contribution >= 4 is 5.82 Å². The van der Waals surface area contributed by atoms with Crippen LogP contribution in [0.2, 0.25) is 0 Å². The minimum atomic E-state index is 0.620. The topological polar surface area (TPSA) is 59.7 Å². The monoisotopic (exact) mass is 314 g/mol. The van der Waals surface area contributed by atoms with Gasteiger partial charge in [0.2, 0.25) is 0 Å². The number of aromatic nitrogens is 5. The van der Waals surface area contributed by atoms with Crippen LogP contribution in [0.15, 0.2) is 18.7 Å². The standard InChI is InChI=1S/C17H26N6/c1-13(2)8-15-10-16(19-11-18-15)23-6-4-14(5-7-23)9-17-21-20-12-22(17)3/h10-14H,4-9H2,1-3H3. The summed E-state index contributed by atoms with van der Waals surface area (Å²) in [5.41, 5.74) is 1.14. The first-order valence-electron chi connectivity index (χ1n) is 8.50. The van der Waals surface area contributed by atoms with Crippen LogP contribution >= 0.6 is 0 Å². The first kappa shape index (κ1) is 15.9. The molecule has 6 nitrogen and oxygen atoms in total. The van der Waals surface area contributed by atoms with Gasteiger partial charge >= 0.3 is 0 Å². The van der Waals surface area contributed by atoms with E-state index in [9.17, 15) is 0 Å². The molecule has 1 fully saturated rings. The maximum absolute atomic E-state index is 4.47. The summed E-state index contributed by atoms with van der Waals surface area (Å²) in [5.74, 6) is 3.47. The molecule has 0 spiro atoms. The number of aryl methyl sites for hydroxylation is 1. The number of hydrogen-bond acceptors (Lipinski definition) is 5. The molecule has 0 aromatic carbocycles. The Hall–Kier alpha value is -1.98. The lowest BCUT2D eigenvalue weighted by molar-refractivity contribution is 0.391. The molecule has 0 saturated carbocycles. The summed E-state index contributed by atoms with van der Waals surface area (Å²) >= 11 is 0. The highest BCUT2D eigenvalue weighted by Gasteiger charge is 2.22. The van der Waals surface area contributed by atoms with Crippen LogP contribution in [0.3, 0.4) is 0 Å². The molecule has 3 heterocycles. The van der Waals surface area contributed by atoms with E-state index >= 15 is 0 Å². The largest absolute Gasteiger partial charge is 0.356 e. The second-order valence-corrected chi connectivity index (χ2v) is 6.96. The Morgan fingerprint density at radius 3 is 2.65 bits per heavy atom. The summed E-state index contributed by atoms with van der Waals surface area (Å²) in [7, 11) is 2.02. The first-order chi connectivity index (χ1) is 11.1. The van der Waals surface area contributed by atoms with Gasteiger partial charge < -0.3 is 9.47 Å². The fourth-order valence-electron chi connectivity index (χ4n) is 3.20. The summed E-state index contributed by atoms with van der Waals surface area (Å²) in [6.45, 7) is 6.56. The van der Waals surface area contributed by atoms with Crippen molar-refractivity contribution in [2.24, 2.45) is 18.9 Å². The van der Waals surface area contributed by atoms with Crippen molar-refractivity contribution in [1.29, 1.82) is 0 Å². The lowest BCUT2D eigenvalue weighted by Gasteiger charge is -2.32. The molecule has 124 valence electrons. The maximum Gasteiger partial charge on any atom is 0.132 e. The molecule has 6 heteroatoms. The van der Waals surface area contributed by atoms with E-state index in [0.29, 0.717) is 11.8 Å². The van der Waals surface area contributed by atoms with Gasteiger partial charge in [-0.15, -0.1) is 10.2 Å². The zero-order valence-corrected chi connectivity index (χ0v) is 14.3. The minimum Gasteiger partial charge on any atom is -0.356 e. The minimum absolute atomic E-state index is 0.620. The van der Waals surface area contributed by atoms with Crippen molar-refractivity contribution in [3.05, 3.63) is 30.2 Å². The third-order valence-electron chi connectivity index (χ3n) is 4.54. The third kappa shape index (κ3) is 4.06. The van der Waals surface area contributed by atoms with Gasteiger partial charge in [-0.25, -0.2) is 9.97 Å². The average Bonchev–Trinajstić information content (AvgIpc) is 2.93. The van der Waals surface area contributed by atoms with Gasteiger partial charge in [0.25, 0.3) is 0 Å². The molecular weight excluding hydrogens is 288 g/mol. The van der Waals surface area contributed by atoms with Gasteiger partial charge in [0, 0.05) is 38.3 Å². The molecule has 2 aromatic heterocycles. The van der Waals surface area contributed by atoms with Crippen LogP contribution in [0.4, 0.5) is 5.82 Å². The van der Waals surface area contributed by atoms with E-state index in [2.05, 4.69) is 45.0 Å². The Morgan fingerprint density at radius 2 is 2.00 bits per heavy atom. The maximum atomic E-state index is 4.47. The van der Waals surface area contributed by atoms with Crippen molar-refractivity contribution in [2.45, 2.75) is 39.5 Å². The molecule has 0 radical (unpaired) electrons. The smallest absolute Gasteiger partial charge is 0.132 e. The highest BCUT2D eigenvalue weighted by Crippen LogP contribution is 2.24. The summed E-state index contributed by atoms with van der Waals surface area (Å²) in [5, 5.41) is 8.17. The van der Waals surface area contributed by atoms with Gasteiger partial charge in [-0.2, -0.15) is 0 Å². The normalized spacial score (nSPS) is 16.3. The summed E-state index contributed by atoms with van der Waals surface area (Å²) in [6.07, 6.45) is 7.87. The lowest BCUT2D eigenvalue weighted by atomic mass is 9.93.